The number of rotatable bonds is 2. The minimum atomic E-state index is 0.0878. The summed E-state index contributed by atoms with van der Waals surface area (Å²) in [6, 6.07) is 6.15. The van der Waals surface area contributed by atoms with Crippen LogP contribution in [-0.4, -0.2) is 21.2 Å². The molecule has 5 heteroatoms. The first kappa shape index (κ1) is 10.2. The van der Waals surface area contributed by atoms with Gasteiger partial charge in [0.25, 0.3) is 0 Å². The van der Waals surface area contributed by atoms with Gasteiger partial charge in [-0.25, -0.2) is 0 Å². The number of nitrogen functional groups attached to an aromatic ring is 1. The van der Waals surface area contributed by atoms with Gasteiger partial charge >= 0.3 is 0 Å². The molecule has 0 atom stereocenters. The molecule has 0 amide bonds. The first-order valence-electron chi connectivity index (χ1n) is 4.70. The summed E-state index contributed by atoms with van der Waals surface area (Å²) in [7, 11) is 1.71. The van der Waals surface area contributed by atoms with Gasteiger partial charge in [0.1, 0.15) is 11.6 Å². The molecule has 2 aromatic rings. The van der Waals surface area contributed by atoms with E-state index in [4.69, 9.17) is 5.73 Å². The number of carbonyl (C=O) groups excluding carboxylic acids is 1. The van der Waals surface area contributed by atoms with Crippen LogP contribution >= 0.6 is 0 Å². The molecule has 0 saturated carbocycles. The van der Waals surface area contributed by atoms with Gasteiger partial charge in [0.05, 0.1) is 5.69 Å². The quantitative estimate of drug-likeness (QED) is 0.740. The largest absolute Gasteiger partial charge is 0.508 e. The lowest BCUT2D eigenvalue weighted by atomic mass is 10.1. The summed E-state index contributed by atoms with van der Waals surface area (Å²) < 4.78 is 1.51. The van der Waals surface area contributed by atoms with Gasteiger partial charge in [0.2, 0.25) is 0 Å². The molecule has 0 radical (unpaired) electrons. The topological polar surface area (TPSA) is 81.1 Å². The van der Waals surface area contributed by atoms with E-state index >= 15 is 0 Å². The van der Waals surface area contributed by atoms with Crippen molar-refractivity contribution in [1.29, 1.82) is 0 Å². The Morgan fingerprint density at radius 3 is 2.75 bits per heavy atom. The van der Waals surface area contributed by atoms with Crippen molar-refractivity contribution >= 4 is 12.1 Å². The summed E-state index contributed by atoms with van der Waals surface area (Å²) in [5.74, 6) is 0.583. The third-order valence-electron chi connectivity index (χ3n) is 2.36. The molecule has 0 fully saturated rings. The molecule has 82 valence electrons. The van der Waals surface area contributed by atoms with Crippen molar-refractivity contribution in [2.45, 2.75) is 0 Å². The number of aromatic hydroxyl groups is 1. The predicted molar refractivity (Wildman–Crippen MR) is 60.1 cm³/mol. The van der Waals surface area contributed by atoms with Crippen LogP contribution in [0.5, 0.6) is 5.75 Å². The van der Waals surface area contributed by atoms with Gasteiger partial charge in [0.15, 0.2) is 6.29 Å². The van der Waals surface area contributed by atoms with Crippen LogP contribution in [0.2, 0.25) is 0 Å². The molecule has 3 N–H and O–H groups in total. The van der Waals surface area contributed by atoms with Gasteiger partial charge in [-0.15, -0.1) is 0 Å². The van der Waals surface area contributed by atoms with Crippen molar-refractivity contribution in [2.24, 2.45) is 7.05 Å². The van der Waals surface area contributed by atoms with E-state index in [-0.39, 0.29) is 5.75 Å². The number of phenols is 1. The number of hydrogen-bond acceptors (Lipinski definition) is 4. The molecule has 0 spiro atoms. The van der Waals surface area contributed by atoms with E-state index in [1.807, 2.05) is 0 Å². The van der Waals surface area contributed by atoms with E-state index in [0.717, 1.165) is 6.29 Å². The highest BCUT2D eigenvalue weighted by Gasteiger charge is 2.10. The number of carbonyl (C=O) groups is 1. The second kappa shape index (κ2) is 3.69. The van der Waals surface area contributed by atoms with Crippen molar-refractivity contribution < 1.29 is 9.90 Å². The van der Waals surface area contributed by atoms with Crippen molar-refractivity contribution in [3.63, 3.8) is 0 Å². The Morgan fingerprint density at radius 1 is 1.44 bits per heavy atom. The maximum absolute atomic E-state index is 10.9. The summed E-state index contributed by atoms with van der Waals surface area (Å²) in [5.41, 5.74) is 7.26. The number of phenolic OH excluding ortho intramolecular Hbond substituents is 1. The van der Waals surface area contributed by atoms with Crippen LogP contribution in [-0.2, 0) is 7.05 Å². The number of aromatic nitrogens is 2. The van der Waals surface area contributed by atoms with Crippen LogP contribution in [0.3, 0.4) is 0 Å². The van der Waals surface area contributed by atoms with Crippen molar-refractivity contribution in [1.82, 2.24) is 9.78 Å². The van der Waals surface area contributed by atoms with Gasteiger partial charge in [-0.3, -0.25) is 9.48 Å². The lowest BCUT2D eigenvalue weighted by Crippen LogP contribution is -1.96. The smallest absolute Gasteiger partial charge is 0.150 e. The van der Waals surface area contributed by atoms with Gasteiger partial charge < -0.3 is 10.8 Å². The molecule has 0 saturated heterocycles. The Kier molecular flexibility index (Phi) is 2.36. The molecule has 2 rings (SSSR count). The number of aldehydes is 1. The predicted octanol–water partition coefficient (Wildman–Crippen LogP) is 1.19. The fourth-order valence-electron chi connectivity index (χ4n) is 1.48. The van der Waals surface area contributed by atoms with E-state index in [2.05, 4.69) is 5.10 Å². The third-order valence-corrected chi connectivity index (χ3v) is 2.36. The van der Waals surface area contributed by atoms with Crippen LogP contribution in [0.1, 0.15) is 10.4 Å². The number of nitrogens with zero attached hydrogens (tertiary/aromatic N) is 2. The zero-order valence-corrected chi connectivity index (χ0v) is 8.71. The summed E-state index contributed by atoms with van der Waals surface area (Å²) in [6.45, 7) is 0. The molecule has 5 nitrogen and oxygen atoms in total. The monoisotopic (exact) mass is 217 g/mol. The number of anilines is 1. The molecule has 0 bridgehead atoms. The highest BCUT2D eigenvalue weighted by Crippen LogP contribution is 2.26. The second-order valence-electron chi connectivity index (χ2n) is 3.47. The van der Waals surface area contributed by atoms with Crippen molar-refractivity contribution in [3.05, 3.63) is 29.8 Å². The van der Waals surface area contributed by atoms with E-state index in [1.54, 1.807) is 19.2 Å². The van der Waals surface area contributed by atoms with E-state index in [1.165, 1.54) is 16.8 Å². The lowest BCUT2D eigenvalue weighted by molar-refractivity contribution is 0.112. The molecular weight excluding hydrogens is 206 g/mol. The lowest BCUT2D eigenvalue weighted by Gasteiger charge is -2.01. The maximum Gasteiger partial charge on any atom is 0.150 e. The van der Waals surface area contributed by atoms with Gasteiger partial charge in [-0.2, -0.15) is 5.10 Å². The fourth-order valence-corrected chi connectivity index (χ4v) is 1.48. The number of hydrogen-bond donors (Lipinski definition) is 2. The fraction of sp³-hybridized carbons (Fsp3) is 0.0909. The summed E-state index contributed by atoms with van der Waals surface area (Å²) in [6.07, 6.45) is 0.722. The Balaban J connectivity index is 2.62. The first-order chi connectivity index (χ1) is 7.61. The summed E-state index contributed by atoms with van der Waals surface area (Å²) in [4.78, 5) is 10.9. The minimum Gasteiger partial charge on any atom is -0.508 e. The standard InChI is InChI=1S/C11H11N3O2/c1-14-11(12)5-10(13-14)9-4-8(16)3-2-7(9)6-15/h2-6,16H,12H2,1H3. The SMILES string of the molecule is Cn1nc(-c2cc(O)ccc2C=O)cc1N. The Hall–Kier alpha value is -2.30. The van der Waals surface area contributed by atoms with Crippen LogP contribution in [0.4, 0.5) is 5.82 Å². The normalized spacial score (nSPS) is 10.3. The van der Waals surface area contributed by atoms with E-state index in [0.29, 0.717) is 22.6 Å². The van der Waals surface area contributed by atoms with E-state index in [9.17, 15) is 9.90 Å². The molecule has 0 aliphatic carbocycles. The zero-order chi connectivity index (χ0) is 11.7. The molecular formula is C11H11N3O2. The Bertz CT molecular complexity index is 527. The highest BCUT2D eigenvalue weighted by molar-refractivity contribution is 5.87. The molecule has 1 aromatic carbocycles. The summed E-state index contributed by atoms with van der Waals surface area (Å²) in [5, 5.41) is 13.5. The second-order valence-corrected chi connectivity index (χ2v) is 3.47. The van der Waals surface area contributed by atoms with Crippen molar-refractivity contribution in [3.8, 4) is 17.0 Å². The van der Waals surface area contributed by atoms with Crippen LogP contribution in [0.15, 0.2) is 24.3 Å². The number of nitrogens with two attached hydrogens (primary N) is 1. The molecule has 0 unspecified atom stereocenters. The number of aryl methyl sites for hydroxylation is 1. The summed E-state index contributed by atoms with van der Waals surface area (Å²) >= 11 is 0. The molecule has 0 aliphatic heterocycles. The average Bonchev–Trinajstić information content (AvgIpc) is 2.59. The average molecular weight is 217 g/mol. The third kappa shape index (κ3) is 1.63. The van der Waals surface area contributed by atoms with Crippen LogP contribution < -0.4 is 5.73 Å². The maximum atomic E-state index is 10.9. The zero-order valence-electron chi connectivity index (χ0n) is 8.71. The van der Waals surface area contributed by atoms with Gasteiger partial charge in [-0.05, 0) is 18.2 Å². The Morgan fingerprint density at radius 2 is 2.19 bits per heavy atom. The van der Waals surface area contributed by atoms with Crippen molar-refractivity contribution in [2.75, 3.05) is 5.73 Å². The molecule has 0 aliphatic rings. The molecule has 1 heterocycles. The minimum absolute atomic E-state index is 0.0878. The molecule has 1 aromatic heterocycles. The van der Waals surface area contributed by atoms with Crippen LogP contribution in [0.25, 0.3) is 11.3 Å². The Labute approximate surface area is 92.1 Å². The van der Waals surface area contributed by atoms with Gasteiger partial charge in [0, 0.05) is 24.2 Å². The highest BCUT2D eigenvalue weighted by atomic mass is 16.3. The van der Waals surface area contributed by atoms with E-state index < -0.39 is 0 Å². The number of benzene rings is 1. The van der Waals surface area contributed by atoms with Crippen LogP contribution in [0, 0.1) is 0 Å². The molecule has 16 heavy (non-hydrogen) atoms. The first-order valence-corrected chi connectivity index (χ1v) is 4.70. The van der Waals surface area contributed by atoms with Gasteiger partial charge in [-0.1, -0.05) is 0 Å².